The molecule has 1 aliphatic heterocycles. The Labute approximate surface area is 218 Å². The molecular weight excluding hydrogens is 503 g/mol. The topological polar surface area (TPSA) is 138 Å². The van der Waals surface area contributed by atoms with Crippen LogP contribution in [0.5, 0.6) is 5.75 Å². The molecular formula is C26H30F3N5O4. The van der Waals surface area contributed by atoms with E-state index in [9.17, 15) is 27.6 Å². The van der Waals surface area contributed by atoms with Gasteiger partial charge < -0.3 is 26.0 Å². The van der Waals surface area contributed by atoms with Crippen LogP contribution in [0.15, 0.2) is 42.5 Å². The van der Waals surface area contributed by atoms with Crippen LogP contribution in [0, 0.1) is 5.41 Å². The summed E-state index contributed by atoms with van der Waals surface area (Å²) in [6, 6.07) is 8.89. The highest BCUT2D eigenvalue weighted by Crippen LogP contribution is 2.38. The fourth-order valence-electron chi connectivity index (χ4n) is 4.00. The van der Waals surface area contributed by atoms with Crippen molar-refractivity contribution in [1.82, 2.24) is 10.2 Å². The maximum absolute atomic E-state index is 13.7. The molecule has 0 spiro atoms. The summed E-state index contributed by atoms with van der Waals surface area (Å²) < 4.78 is 46.5. The van der Waals surface area contributed by atoms with E-state index >= 15 is 0 Å². The number of anilines is 1. The molecule has 38 heavy (non-hydrogen) atoms. The minimum absolute atomic E-state index is 0.0189. The Balaban J connectivity index is 1.55. The number of benzene rings is 2. The van der Waals surface area contributed by atoms with Crippen LogP contribution in [0.1, 0.15) is 55.3 Å². The summed E-state index contributed by atoms with van der Waals surface area (Å²) >= 11 is 0. The summed E-state index contributed by atoms with van der Waals surface area (Å²) in [6.07, 6.45) is -3.53. The van der Waals surface area contributed by atoms with Gasteiger partial charge in [0.1, 0.15) is 18.0 Å². The van der Waals surface area contributed by atoms with E-state index in [-0.39, 0.29) is 29.7 Å². The highest BCUT2D eigenvalue weighted by atomic mass is 19.4. The van der Waals surface area contributed by atoms with E-state index in [1.54, 1.807) is 17.0 Å². The van der Waals surface area contributed by atoms with Crippen molar-refractivity contribution in [2.24, 2.45) is 5.73 Å². The van der Waals surface area contributed by atoms with E-state index in [4.69, 9.17) is 15.9 Å². The summed E-state index contributed by atoms with van der Waals surface area (Å²) in [5.74, 6) is -1.69. The van der Waals surface area contributed by atoms with Crippen LogP contribution in [0.3, 0.4) is 0 Å². The first-order chi connectivity index (χ1) is 17.9. The highest BCUT2D eigenvalue weighted by Gasteiger charge is 2.35. The van der Waals surface area contributed by atoms with Gasteiger partial charge in [0.05, 0.1) is 18.2 Å². The largest absolute Gasteiger partial charge is 0.493 e. The number of rotatable bonds is 11. The van der Waals surface area contributed by atoms with Gasteiger partial charge in [0.2, 0.25) is 17.7 Å². The number of alkyl halides is 3. The molecule has 2 aromatic rings. The van der Waals surface area contributed by atoms with Crippen molar-refractivity contribution < 1.29 is 32.3 Å². The molecule has 3 rings (SSSR count). The van der Waals surface area contributed by atoms with Crippen LogP contribution in [0.4, 0.5) is 18.9 Å². The summed E-state index contributed by atoms with van der Waals surface area (Å²) in [7, 11) is 0. The molecule has 0 aliphatic carbocycles. The first-order valence-electron chi connectivity index (χ1n) is 12.1. The molecule has 1 unspecified atom stereocenters. The molecule has 5 N–H and O–H groups in total. The van der Waals surface area contributed by atoms with E-state index in [0.29, 0.717) is 37.2 Å². The van der Waals surface area contributed by atoms with Gasteiger partial charge in [-0.15, -0.1) is 0 Å². The maximum atomic E-state index is 13.7. The number of nitrogens with one attached hydrogen (secondary N) is 3. The van der Waals surface area contributed by atoms with Crippen molar-refractivity contribution in [2.75, 3.05) is 25.0 Å². The molecule has 0 radical (unpaired) electrons. The van der Waals surface area contributed by atoms with Gasteiger partial charge >= 0.3 is 6.18 Å². The van der Waals surface area contributed by atoms with Gasteiger partial charge in [-0.2, -0.15) is 13.2 Å². The van der Waals surface area contributed by atoms with Crippen LogP contribution in [0.25, 0.3) is 0 Å². The molecule has 1 saturated heterocycles. The van der Waals surface area contributed by atoms with Crippen LogP contribution >= 0.6 is 0 Å². The molecule has 1 atom stereocenters. The third kappa shape index (κ3) is 7.95. The van der Waals surface area contributed by atoms with Gasteiger partial charge in [-0.1, -0.05) is 6.07 Å². The van der Waals surface area contributed by atoms with Gasteiger partial charge in [0, 0.05) is 30.8 Å². The van der Waals surface area contributed by atoms with Gasteiger partial charge in [-0.05, 0) is 61.7 Å². The minimum Gasteiger partial charge on any atom is -0.493 e. The van der Waals surface area contributed by atoms with Crippen LogP contribution in [-0.2, 0) is 20.6 Å². The number of halogens is 3. The molecule has 1 aliphatic rings. The number of nitrogen functional groups attached to an aromatic ring is 1. The quantitative estimate of drug-likeness (QED) is 0.151. The van der Waals surface area contributed by atoms with E-state index in [1.807, 2.05) is 0 Å². The highest BCUT2D eigenvalue weighted by molar-refractivity contribution is 6.04. The molecule has 9 nitrogen and oxygen atoms in total. The Kier molecular flexibility index (Phi) is 9.32. The van der Waals surface area contributed by atoms with Crippen molar-refractivity contribution in [1.29, 1.82) is 5.41 Å². The van der Waals surface area contributed by atoms with Crippen molar-refractivity contribution in [3.63, 3.8) is 0 Å². The van der Waals surface area contributed by atoms with Gasteiger partial charge in [0.25, 0.3) is 0 Å². The Bertz CT molecular complexity index is 1180. The number of carbonyl (C=O) groups is 3. The van der Waals surface area contributed by atoms with E-state index in [0.717, 1.165) is 12.5 Å². The number of hydrogen-bond acceptors (Lipinski definition) is 5. The summed E-state index contributed by atoms with van der Waals surface area (Å²) in [5, 5.41) is 12.4. The second-order valence-electron chi connectivity index (χ2n) is 8.94. The van der Waals surface area contributed by atoms with E-state index in [1.165, 1.54) is 31.2 Å². The average molecular weight is 534 g/mol. The van der Waals surface area contributed by atoms with Crippen LogP contribution in [-0.4, -0.2) is 48.2 Å². The maximum Gasteiger partial charge on any atom is 0.419 e. The van der Waals surface area contributed by atoms with Crippen LogP contribution < -0.4 is 21.1 Å². The van der Waals surface area contributed by atoms with Crippen molar-refractivity contribution in [3.8, 4) is 5.75 Å². The summed E-state index contributed by atoms with van der Waals surface area (Å²) in [5.41, 5.74) is 5.48. The van der Waals surface area contributed by atoms with E-state index < -0.39 is 36.0 Å². The lowest BCUT2D eigenvalue weighted by molar-refractivity contribution is -0.139. The molecule has 2 aromatic carbocycles. The normalized spacial score (nSPS) is 14.2. The molecule has 204 valence electrons. The van der Waals surface area contributed by atoms with E-state index in [2.05, 4.69) is 10.6 Å². The smallest absolute Gasteiger partial charge is 0.419 e. The number of ether oxygens (including phenoxy) is 1. The lowest BCUT2D eigenvalue weighted by Gasteiger charge is -2.20. The number of nitrogens with zero attached hydrogens (tertiary/aromatic N) is 1. The van der Waals surface area contributed by atoms with Gasteiger partial charge in [-0.3, -0.25) is 19.8 Å². The zero-order valence-corrected chi connectivity index (χ0v) is 20.9. The average Bonchev–Trinajstić information content (AvgIpc) is 3.25. The second-order valence-corrected chi connectivity index (χ2v) is 8.94. The standard InChI is InChI=1S/C26H30F3N5O4/c1-16(32-22(35)15-23(36)33-19-8-5-17(6-9-19)25(30)31)18-7-10-21(20(14-18)26(27,28)29)38-13-3-12-34-11-2-4-24(34)37/h5-10,14,16H,2-4,11-13,15H2,1H3,(H3,30,31)(H,32,35)(H,33,36). The second kappa shape index (κ2) is 12.4. The molecule has 1 fully saturated rings. The number of amides is 3. The Morgan fingerprint density at radius 3 is 2.47 bits per heavy atom. The number of nitrogens with two attached hydrogens (primary N) is 1. The lowest BCUT2D eigenvalue weighted by atomic mass is 10.0. The Morgan fingerprint density at radius 2 is 1.87 bits per heavy atom. The molecule has 12 heteroatoms. The SMILES string of the molecule is CC(NC(=O)CC(=O)Nc1ccc(C(=N)N)cc1)c1ccc(OCCCN2CCCC2=O)c(C(F)(F)F)c1. The number of carbonyl (C=O) groups excluding carboxylic acids is 3. The first-order valence-corrected chi connectivity index (χ1v) is 12.1. The molecule has 0 saturated carbocycles. The fraction of sp³-hybridized carbons (Fsp3) is 0.385. The van der Waals surface area contributed by atoms with Crippen molar-refractivity contribution in [3.05, 3.63) is 59.2 Å². The number of likely N-dealkylation sites (tertiary alicyclic amines) is 1. The summed E-state index contributed by atoms with van der Waals surface area (Å²) in [6.45, 7) is 2.61. The van der Waals surface area contributed by atoms with Crippen molar-refractivity contribution >= 4 is 29.2 Å². The van der Waals surface area contributed by atoms with Crippen LogP contribution in [0.2, 0.25) is 0 Å². The zero-order valence-electron chi connectivity index (χ0n) is 20.9. The predicted octanol–water partition coefficient (Wildman–Crippen LogP) is 3.59. The third-order valence-electron chi connectivity index (χ3n) is 5.99. The zero-order chi connectivity index (χ0) is 27.9. The molecule has 3 amide bonds. The fourth-order valence-corrected chi connectivity index (χ4v) is 4.00. The van der Waals surface area contributed by atoms with Gasteiger partial charge in [-0.25, -0.2) is 0 Å². The molecule has 0 aromatic heterocycles. The predicted molar refractivity (Wildman–Crippen MR) is 135 cm³/mol. The third-order valence-corrected chi connectivity index (χ3v) is 5.99. The Morgan fingerprint density at radius 1 is 1.16 bits per heavy atom. The lowest BCUT2D eigenvalue weighted by Crippen LogP contribution is -2.30. The van der Waals surface area contributed by atoms with Crippen molar-refractivity contribution in [2.45, 2.75) is 44.8 Å². The number of hydrogen-bond donors (Lipinski definition) is 4. The number of amidine groups is 1. The monoisotopic (exact) mass is 533 g/mol. The Hall–Kier alpha value is -4.09. The molecule has 1 heterocycles. The molecule has 0 bridgehead atoms. The van der Waals surface area contributed by atoms with Gasteiger partial charge in [0.15, 0.2) is 0 Å². The minimum atomic E-state index is -4.68. The summed E-state index contributed by atoms with van der Waals surface area (Å²) in [4.78, 5) is 37.8. The first kappa shape index (κ1) is 28.5.